The molecule has 3 aliphatic rings. The van der Waals surface area contributed by atoms with Crippen molar-refractivity contribution < 1.29 is 34.1 Å². The highest BCUT2D eigenvalue weighted by atomic mass is 16.6. The van der Waals surface area contributed by atoms with Crippen LogP contribution in [0.5, 0.6) is 5.75 Å². The smallest absolute Gasteiger partial charge is 0.329 e. The van der Waals surface area contributed by atoms with E-state index in [2.05, 4.69) is 27.5 Å². The maximum atomic E-state index is 16.1. The molecule has 0 unspecified atom stereocenters. The molecule has 1 aromatic heterocycles. The van der Waals surface area contributed by atoms with Crippen molar-refractivity contribution >= 4 is 40.6 Å². The molecule has 2 saturated heterocycles. The molecule has 3 aliphatic heterocycles. The molecule has 0 bridgehead atoms. The highest BCUT2D eigenvalue weighted by Gasteiger charge is 2.76. The van der Waals surface area contributed by atoms with Crippen molar-refractivity contribution in [1.29, 1.82) is 0 Å². The predicted molar refractivity (Wildman–Crippen MR) is 235 cm³/mol. The molecule has 13 heteroatoms. The number of para-hydroxylation sites is 1. The number of phenolic OH excluding ortho intramolecular Hbond substituents is 1. The molecule has 1 spiro atoms. The zero-order valence-electron chi connectivity index (χ0n) is 34.4. The largest absolute Gasteiger partial charge is 0.508 e. The fraction of sp³-hybridized carbons (Fsp3) is 0.176. The number of aromatic nitrogens is 3. The Balaban J connectivity index is 1.20. The van der Waals surface area contributed by atoms with Crippen molar-refractivity contribution in [2.75, 3.05) is 4.90 Å². The molecule has 7 atom stereocenters. The van der Waals surface area contributed by atoms with Crippen LogP contribution in [0.4, 0.5) is 10.5 Å². The Morgan fingerprint density at radius 3 is 2.16 bits per heavy atom. The van der Waals surface area contributed by atoms with Crippen molar-refractivity contribution in [3.8, 4) is 17.6 Å². The van der Waals surface area contributed by atoms with Gasteiger partial charge < -0.3 is 20.3 Å². The number of hydrogen-bond donors (Lipinski definition) is 3. The summed E-state index contributed by atoms with van der Waals surface area (Å²) in [6.07, 6.45) is -0.941. The number of carboxylic acid groups (broad SMARTS) is 1. The van der Waals surface area contributed by atoms with Crippen LogP contribution in [0, 0.1) is 17.8 Å². The van der Waals surface area contributed by atoms with Crippen LogP contribution in [-0.2, 0) is 31.1 Å². The molecule has 7 aromatic rings. The molecule has 316 valence electrons. The van der Waals surface area contributed by atoms with Gasteiger partial charge in [0, 0.05) is 5.56 Å². The van der Waals surface area contributed by atoms with Crippen molar-refractivity contribution in [3.63, 3.8) is 0 Å². The Morgan fingerprint density at radius 2 is 1.45 bits per heavy atom. The Bertz CT molecular complexity index is 3010. The maximum absolute atomic E-state index is 16.1. The number of anilines is 1. The van der Waals surface area contributed by atoms with Gasteiger partial charge in [0.25, 0.3) is 0 Å². The highest BCUT2D eigenvalue weighted by molar-refractivity contribution is 6.24. The number of amides is 3. The minimum absolute atomic E-state index is 0.0614. The fourth-order valence-electron chi connectivity index (χ4n) is 9.95. The number of benzene rings is 6. The van der Waals surface area contributed by atoms with Gasteiger partial charge >= 0.3 is 18.0 Å². The molecular weight excluding hydrogens is 809 g/mol. The first-order valence-electron chi connectivity index (χ1n) is 20.9. The number of ether oxygens (including phenoxy) is 1. The van der Waals surface area contributed by atoms with E-state index >= 15 is 4.79 Å². The van der Waals surface area contributed by atoms with Gasteiger partial charge in [0.2, 0.25) is 5.91 Å². The third-order valence-corrected chi connectivity index (χ3v) is 12.7. The number of carbonyl (C=O) groups is 4. The van der Waals surface area contributed by atoms with Gasteiger partial charge in [-0.1, -0.05) is 132 Å². The quantitative estimate of drug-likeness (QED) is 0.109. The topological polar surface area (TPSA) is 167 Å². The SMILES string of the molecule is C[C@@H](NC(=O)N1C(=O)[C@@]2(c3cc(C#CCn4nnc5ccccc54)ccc31)[C@H](c1ccc(O)cc1)N1[C@H](c3ccccc3)[C@H](c3ccccc3)OC(=O)[C@H]1[C@@H]2C(=O)O)c1ccccc1. The minimum Gasteiger partial charge on any atom is -0.508 e. The lowest BCUT2D eigenvalue weighted by Crippen LogP contribution is -2.54. The minimum atomic E-state index is -2.15. The van der Waals surface area contributed by atoms with E-state index in [-0.39, 0.29) is 23.5 Å². The zero-order valence-corrected chi connectivity index (χ0v) is 34.4. The van der Waals surface area contributed by atoms with Gasteiger partial charge in [0.15, 0.2) is 0 Å². The first kappa shape index (κ1) is 40.0. The number of cyclic esters (lactones) is 1. The van der Waals surface area contributed by atoms with E-state index in [1.807, 2.05) is 115 Å². The Kier molecular flexibility index (Phi) is 10.0. The predicted octanol–water partition coefficient (Wildman–Crippen LogP) is 7.41. The van der Waals surface area contributed by atoms with E-state index in [9.17, 15) is 24.6 Å². The maximum Gasteiger partial charge on any atom is 0.329 e. The average Bonchev–Trinajstić information content (AvgIpc) is 3.96. The second-order valence-corrected chi connectivity index (χ2v) is 16.2. The molecule has 4 heterocycles. The number of phenols is 1. The van der Waals surface area contributed by atoms with Crippen LogP contribution in [0.2, 0.25) is 0 Å². The van der Waals surface area contributed by atoms with E-state index in [4.69, 9.17) is 4.74 Å². The number of nitrogens with one attached hydrogen (secondary N) is 1. The van der Waals surface area contributed by atoms with Crippen LogP contribution in [0.1, 0.15) is 64.5 Å². The average molecular weight is 849 g/mol. The molecule has 3 amide bonds. The van der Waals surface area contributed by atoms with E-state index < -0.39 is 65.5 Å². The summed E-state index contributed by atoms with van der Waals surface area (Å²) in [5, 5.41) is 33.7. The second-order valence-electron chi connectivity index (χ2n) is 16.2. The van der Waals surface area contributed by atoms with Crippen LogP contribution in [-0.4, -0.2) is 60.0 Å². The van der Waals surface area contributed by atoms with Crippen molar-refractivity contribution in [3.05, 3.63) is 191 Å². The van der Waals surface area contributed by atoms with Crippen molar-refractivity contribution in [1.82, 2.24) is 25.2 Å². The van der Waals surface area contributed by atoms with Gasteiger partial charge in [0.1, 0.15) is 41.3 Å². The van der Waals surface area contributed by atoms with E-state index in [1.165, 1.54) is 12.1 Å². The summed E-state index contributed by atoms with van der Waals surface area (Å²) in [6.45, 7) is 1.96. The second kappa shape index (κ2) is 16.0. The lowest BCUT2D eigenvalue weighted by atomic mass is 9.65. The molecule has 0 saturated carbocycles. The van der Waals surface area contributed by atoms with Gasteiger partial charge in [-0.05, 0) is 77.2 Å². The molecular formula is C51H40N6O7. The van der Waals surface area contributed by atoms with Crippen LogP contribution < -0.4 is 10.2 Å². The summed E-state index contributed by atoms with van der Waals surface area (Å²) >= 11 is 0. The van der Waals surface area contributed by atoms with Crippen LogP contribution in [0.3, 0.4) is 0 Å². The number of aliphatic carboxylic acids is 1. The summed E-state index contributed by atoms with van der Waals surface area (Å²) in [4.78, 5) is 62.8. The number of nitrogens with zero attached hydrogens (tertiary/aromatic N) is 5. The molecule has 0 radical (unpaired) electrons. The number of fused-ring (bicyclic) bond motifs is 4. The lowest BCUT2D eigenvalue weighted by Gasteiger charge is -2.46. The van der Waals surface area contributed by atoms with E-state index in [0.29, 0.717) is 27.8 Å². The number of aromatic hydroxyl groups is 1. The van der Waals surface area contributed by atoms with Crippen LogP contribution >= 0.6 is 0 Å². The number of carboxylic acids is 1. The highest BCUT2D eigenvalue weighted by Crippen LogP contribution is 2.66. The number of esters is 1. The summed E-state index contributed by atoms with van der Waals surface area (Å²) in [5.74, 6) is 1.37. The number of carbonyl (C=O) groups excluding carboxylic acids is 3. The van der Waals surface area contributed by atoms with Crippen molar-refractivity contribution in [2.24, 2.45) is 5.92 Å². The van der Waals surface area contributed by atoms with Gasteiger partial charge in [-0.15, -0.1) is 5.10 Å². The standard InChI is InChI=1S/C51H40N6O7/c1-31(33-15-5-2-6-16-33)52-50(63)56-40-28-23-32(14-13-29-55-41-22-12-11-21-39(41)53-54-55)30-38(40)51(49(56)62)42(47(59)60)44-48(61)64-45(35-19-9-4-10-20-35)43(34-17-7-3-8-18-34)57(44)46(51)36-24-26-37(58)27-25-36/h2-12,15-28,30-31,42-46,58H,29H2,1H3,(H,52,63)(H,59,60)/t31-,42-,43-,44-,45+,46+,51-/m1/s1. The van der Waals surface area contributed by atoms with Gasteiger partial charge in [-0.3, -0.25) is 19.3 Å². The summed E-state index contributed by atoms with van der Waals surface area (Å²) in [6, 6.07) is 41.5. The number of hydrogen-bond acceptors (Lipinski definition) is 9. The molecule has 10 rings (SSSR count). The lowest BCUT2D eigenvalue weighted by molar-refractivity contribution is -0.179. The molecule has 13 nitrogen and oxygen atoms in total. The van der Waals surface area contributed by atoms with Gasteiger partial charge in [-0.25, -0.2) is 14.4 Å². The van der Waals surface area contributed by atoms with E-state index in [1.54, 1.807) is 46.8 Å². The van der Waals surface area contributed by atoms with Crippen LogP contribution in [0.15, 0.2) is 158 Å². The van der Waals surface area contributed by atoms with Gasteiger partial charge in [-0.2, -0.15) is 0 Å². The van der Waals surface area contributed by atoms with Gasteiger partial charge in [0.05, 0.1) is 29.3 Å². The third-order valence-electron chi connectivity index (χ3n) is 12.7. The Labute approximate surface area is 367 Å². The normalized spacial score (nSPS) is 22.9. The molecule has 2 fully saturated rings. The molecule has 3 N–H and O–H groups in total. The third kappa shape index (κ3) is 6.46. The first-order chi connectivity index (χ1) is 31.2. The molecule has 64 heavy (non-hydrogen) atoms. The number of morpholine rings is 1. The Morgan fingerprint density at radius 1 is 0.797 bits per heavy atom. The summed E-state index contributed by atoms with van der Waals surface area (Å²) < 4.78 is 8.02. The molecule has 0 aliphatic carbocycles. The Hall–Kier alpha value is -8.08. The first-order valence-corrected chi connectivity index (χ1v) is 20.9. The summed E-state index contributed by atoms with van der Waals surface area (Å²) in [5.41, 5.74) is 2.72. The summed E-state index contributed by atoms with van der Waals surface area (Å²) in [7, 11) is 0. The van der Waals surface area contributed by atoms with Crippen molar-refractivity contribution in [2.45, 2.75) is 49.2 Å². The van der Waals surface area contributed by atoms with E-state index in [0.717, 1.165) is 16.0 Å². The monoisotopic (exact) mass is 848 g/mol. The number of urea groups is 1. The zero-order chi connectivity index (χ0) is 44.1. The fourth-order valence-corrected chi connectivity index (χ4v) is 9.95. The van der Waals surface area contributed by atoms with Crippen LogP contribution in [0.25, 0.3) is 11.0 Å². The number of rotatable bonds is 7. The number of imide groups is 1. The molecule has 6 aromatic carbocycles.